The highest BCUT2D eigenvalue weighted by Gasteiger charge is 2.24. The van der Waals surface area contributed by atoms with Crippen LogP contribution in [0.3, 0.4) is 0 Å². The third-order valence-corrected chi connectivity index (χ3v) is 5.46. The quantitative estimate of drug-likeness (QED) is 0.639. The van der Waals surface area contributed by atoms with Crippen LogP contribution in [-0.4, -0.2) is 39.0 Å². The van der Waals surface area contributed by atoms with Gasteiger partial charge in [-0.15, -0.1) is 0 Å². The van der Waals surface area contributed by atoms with Crippen LogP contribution >= 0.6 is 0 Å². The fourth-order valence-corrected chi connectivity index (χ4v) is 3.93. The van der Waals surface area contributed by atoms with Crippen molar-refractivity contribution in [2.24, 2.45) is 5.92 Å². The Labute approximate surface area is 171 Å². The summed E-state index contributed by atoms with van der Waals surface area (Å²) in [5, 5.41) is 4.10. The second-order valence-electron chi connectivity index (χ2n) is 7.81. The molecule has 1 aliphatic heterocycles. The molecule has 3 heterocycles. The molecule has 2 aromatic heterocycles. The highest BCUT2D eigenvalue weighted by molar-refractivity contribution is 5.78. The molecule has 1 atom stereocenters. The van der Waals surface area contributed by atoms with E-state index in [1.54, 1.807) is 12.4 Å². The Morgan fingerprint density at radius 1 is 1.28 bits per heavy atom. The lowest BCUT2D eigenvalue weighted by Crippen LogP contribution is -2.40. The van der Waals surface area contributed by atoms with Gasteiger partial charge in [-0.25, -0.2) is 0 Å². The van der Waals surface area contributed by atoms with Crippen LogP contribution < -0.4 is 0 Å². The highest BCUT2D eigenvalue weighted by atomic mass is 16.5. The molecule has 1 aromatic carbocycles. The van der Waals surface area contributed by atoms with Gasteiger partial charge in [0, 0.05) is 31.9 Å². The van der Waals surface area contributed by atoms with Crippen LogP contribution in [-0.2, 0) is 17.6 Å². The summed E-state index contributed by atoms with van der Waals surface area (Å²) in [7, 11) is 0. The number of pyridine rings is 1. The van der Waals surface area contributed by atoms with Crippen LogP contribution in [0.15, 0.2) is 53.3 Å². The Balaban J connectivity index is 1.30. The zero-order valence-corrected chi connectivity index (χ0v) is 16.8. The monoisotopic (exact) mass is 390 g/mol. The first-order chi connectivity index (χ1) is 14.2. The van der Waals surface area contributed by atoms with Gasteiger partial charge in [-0.05, 0) is 49.8 Å². The molecule has 1 amide bonds. The van der Waals surface area contributed by atoms with Gasteiger partial charge in [0.2, 0.25) is 5.91 Å². The van der Waals surface area contributed by atoms with Gasteiger partial charge in [-0.2, -0.15) is 4.98 Å². The first-order valence-electron chi connectivity index (χ1n) is 10.2. The molecule has 4 rings (SSSR count). The van der Waals surface area contributed by atoms with Gasteiger partial charge >= 0.3 is 0 Å². The summed E-state index contributed by atoms with van der Waals surface area (Å²) in [6.07, 6.45) is 7.83. The van der Waals surface area contributed by atoms with Crippen LogP contribution in [0, 0.1) is 12.8 Å². The number of likely N-dealkylation sites (tertiary alicyclic amines) is 1. The maximum absolute atomic E-state index is 12.7. The minimum Gasteiger partial charge on any atom is -0.342 e. The van der Waals surface area contributed by atoms with Crippen molar-refractivity contribution in [3.63, 3.8) is 0 Å². The van der Waals surface area contributed by atoms with Crippen molar-refractivity contribution in [2.45, 2.75) is 39.0 Å². The zero-order chi connectivity index (χ0) is 20.1. The number of hydrogen-bond acceptors (Lipinski definition) is 5. The van der Waals surface area contributed by atoms with Crippen LogP contribution in [0.25, 0.3) is 11.5 Å². The third-order valence-electron chi connectivity index (χ3n) is 5.46. The number of amides is 1. The molecule has 1 aliphatic rings. The maximum Gasteiger partial charge on any atom is 0.259 e. The molecule has 1 saturated heterocycles. The Hall–Kier alpha value is -3.02. The van der Waals surface area contributed by atoms with E-state index in [9.17, 15) is 4.79 Å². The van der Waals surface area contributed by atoms with Gasteiger partial charge in [0.25, 0.3) is 5.89 Å². The van der Waals surface area contributed by atoms with Crippen molar-refractivity contribution in [1.82, 2.24) is 20.0 Å². The Kier molecular flexibility index (Phi) is 5.98. The molecule has 1 fully saturated rings. The lowest BCUT2D eigenvalue weighted by atomic mass is 9.93. The van der Waals surface area contributed by atoms with Gasteiger partial charge < -0.3 is 9.42 Å². The van der Waals surface area contributed by atoms with E-state index < -0.39 is 0 Å². The van der Waals surface area contributed by atoms with Gasteiger partial charge in [0.15, 0.2) is 5.82 Å². The normalized spacial score (nSPS) is 16.7. The number of aromatic nitrogens is 3. The SMILES string of the molecule is Cc1cccc(CC(=O)N2CCCC(CCc3noc(-c4cccnc4)n3)C2)c1. The van der Waals surface area contributed by atoms with E-state index >= 15 is 0 Å². The van der Waals surface area contributed by atoms with Gasteiger partial charge in [0.1, 0.15) is 0 Å². The van der Waals surface area contributed by atoms with E-state index in [2.05, 4.69) is 34.2 Å². The molecule has 0 bridgehead atoms. The Bertz CT molecular complexity index is 954. The summed E-state index contributed by atoms with van der Waals surface area (Å²) in [4.78, 5) is 23.3. The summed E-state index contributed by atoms with van der Waals surface area (Å²) >= 11 is 0. The fraction of sp³-hybridized carbons (Fsp3) is 0.391. The predicted molar refractivity (Wildman–Crippen MR) is 110 cm³/mol. The van der Waals surface area contributed by atoms with Crippen LogP contribution in [0.4, 0.5) is 0 Å². The van der Waals surface area contributed by atoms with E-state index in [-0.39, 0.29) is 5.91 Å². The summed E-state index contributed by atoms with van der Waals surface area (Å²) in [6.45, 7) is 3.73. The maximum atomic E-state index is 12.7. The average molecular weight is 390 g/mol. The summed E-state index contributed by atoms with van der Waals surface area (Å²) < 4.78 is 5.36. The molecule has 0 radical (unpaired) electrons. The van der Waals surface area contributed by atoms with E-state index in [1.807, 2.05) is 29.2 Å². The smallest absolute Gasteiger partial charge is 0.259 e. The van der Waals surface area contributed by atoms with Crippen molar-refractivity contribution < 1.29 is 9.32 Å². The minimum absolute atomic E-state index is 0.221. The van der Waals surface area contributed by atoms with Gasteiger partial charge in [-0.3, -0.25) is 9.78 Å². The standard InChI is InChI=1S/C23H26N4O2/c1-17-5-2-6-19(13-17)14-22(28)27-12-4-7-18(16-27)9-10-21-25-23(29-26-21)20-8-3-11-24-15-20/h2-3,5-6,8,11,13,15,18H,4,7,9-10,12,14,16H2,1H3. The number of nitrogens with zero attached hydrogens (tertiary/aromatic N) is 4. The van der Waals surface area contributed by atoms with E-state index in [1.165, 1.54) is 5.56 Å². The molecular formula is C23H26N4O2. The number of aryl methyl sites for hydroxylation is 2. The first kappa shape index (κ1) is 19.3. The highest BCUT2D eigenvalue weighted by Crippen LogP contribution is 2.23. The molecule has 0 saturated carbocycles. The fourth-order valence-electron chi connectivity index (χ4n) is 3.93. The topological polar surface area (TPSA) is 72.1 Å². The molecule has 0 N–H and O–H groups in total. The molecule has 150 valence electrons. The number of carbonyl (C=O) groups excluding carboxylic acids is 1. The third kappa shape index (κ3) is 5.08. The van der Waals surface area contributed by atoms with Gasteiger partial charge in [0.05, 0.1) is 12.0 Å². The van der Waals surface area contributed by atoms with Crippen molar-refractivity contribution in [2.75, 3.05) is 13.1 Å². The second-order valence-corrected chi connectivity index (χ2v) is 7.81. The number of hydrogen-bond donors (Lipinski definition) is 0. The molecule has 0 spiro atoms. The van der Waals surface area contributed by atoms with E-state index in [4.69, 9.17) is 4.52 Å². The molecule has 29 heavy (non-hydrogen) atoms. The predicted octanol–water partition coefficient (Wildman–Crippen LogP) is 3.85. The lowest BCUT2D eigenvalue weighted by Gasteiger charge is -2.33. The number of carbonyl (C=O) groups is 1. The Morgan fingerprint density at radius 2 is 2.21 bits per heavy atom. The second kappa shape index (κ2) is 8.99. The Morgan fingerprint density at radius 3 is 3.03 bits per heavy atom. The van der Waals surface area contributed by atoms with Crippen molar-refractivity contribution in [3.05, 3.63) is 65.7 Å². The molecule has 3 aromatic rings. The van der Waals surface area contributed by atoms with E-state index in [0.717, 1.165) is 49.9 Å². The van der Waals surface area contributed by atoms with E-state index in [0.29, 0.717) is 24.1 Å². The largest absolute Gasteiger partial charge is 0.342 e. The van der Waals surface area contributed by atoms with Crippen molar-refractivity contribution >= 4 is 5.91 Å². The van der Waals surface area contributed by atoms with Crippen LogP contribution in [0.5, 0.6) is 0 Å². The van der Waals surface area contributed by atoms with Crippen LogP contribution in [0.1, 0.15) is 36.2 Å². The van der Waals surface area contributed by atoms with Crippen molar-refractivity contribution in [1.29, 1.82) is 0 Å². The van der Waals surface area contributed by atoms with Crippen LogP contribution in [0.2, 0.25) is 0 Å². The molecular weight excluding hydrogens is 364 g/mol. The minimum atomic E-state index is 0.221. The summed E-state index contributed by atoms with van der Waals surface area (Å²) in [5.74, 6) is 1.92. The molecule has 1 unspecified atom stereocenters. The molecule has 0 aliphatic carbocycles. The summed E-state index contributed by atoms with van der Waals surface area (Å²) in [5.41, 5.74) is 3.11. The first-order valence-corrected chi connectivity index (χ1v) is 10.2. The number of benzene rings is 1. The summed E-state index contributed by atoms with van der Waals surface area (Å²) in [6, 6.07) is 12.0. The number of piperidine rings is 1. The number of rotatable bonds is 6. The average Bonchev–Trinajstić information content (AvgIpc) is 3.22. The van der Waals surface area contributed by atoms with Crippen molar-refractivity contribution in [3.8, 4) is 11.5 Å². The molecule has 6 nitrogen and oxygen atoms in total. The lowest BCUT2D eigenvalue weighted by molar-refractivity contribution is -0.132. The molecule has 6 heteroatoms. The van der Waals surface area contributed by atoms with Gasteiger partial charge in [-0.1, -0.05) is 35.0 Å². The zero-order valence-electron chi connectivity index (χ0n) is 16.8.